The molecule has 0 rings (SSSR count). The Balaban J connectivity index is 4.58. The molecule has 0 aromatic rings. The maximum Gasteiger partial charge on any atom is 0.379 e. The highest BCUT2D eigenvalue weighted by atomic mass is 32.1. The highest BCUT2D eigenvalue weighted by molar-refractivity contribution is 7.83. The number of carbonyl (C=O) groups is 3. The van der Waals surface area contributed by atoms with Crippen molar-refractivity contribution in [2.75, 3.05) is 6.61 Å². The first-order valence-corrected chi connectivity index (χ1v) is 4.13. The van der Waals surface area contributed by atoms with Gasteiger partial charge in [0.25, 0.3) is 5.78 Å². The summed E-state index contributed by atoms with van der Waals surface area (Å²) in [6.07, 6.45) is 0. The van der Waals surface area contributed by atoms with Gasteiger partial charge in [0.1, 0.15) is 0 Å². The maximum absolute atomic E-state index is 11.1. The third kappa shape index (κ3) is 3.42. The van der Waals surface area contributed by atoms with E-state index in [4.69, 9.17) is 0 Å². The summed E-state index contributed by atoms with van der Waals surface area (Å²) in [5.41, 5.74) is -0.262. The highest BCUT2D eigenvalue weighted by Crippen LogP contribution is 2.02. The van der Waals surface area contributed by atoms with E-state index < -0.39 is 17.5 Å². The molecule has 0 fully saturated rings. The van der Waals surface area contributed by atoms with Crippen molar-refractivity contribution in [2.45, 2.75) is 13.8 Å². The average Bonchev–Trinajstić information content (AvgIpc) is 2.05. The summed E-state index contributed by atoms with van der Waals surface area (Å²) in [5, 5.41) is 1.00. The summed E-state index contributed by atoms with van der Waals surface area (Å²) in [7, 11) is 0. The Labute approximate surface area is 81.4 Å². The van der Waals surface area contributed by atoms with Crippen molar-refractivity contribution in [3.63, 3.8) is 0 Å². The van der Waals surface area contributed by atoms with Crippen molar-refractivity contribution < 1.29 is 19.1 Å². The zero-order chi connectivity index (χ0) is 10.4. The lowest BCUT2D eigenvalue weighted by molar-refractivity contribution is -0.152. The summed E-state index contributed by atoms with van der Waals surface area (Å²) >= 11 is 3.65. The van der Waals surface area contributed by atoms with E-state index in [1.54, 1.807) is 6.92 Å². The van der Waals surface area contributed by atoms with Crippen LogP contribution in [-0.2, 0) is 19.1 Å². The molecule has 0 aliphatic rings. The van der Waals surface area contributed by atoms with E-state index in [2.05, 4.69) is 17.4 Å². The SMILES string of the molecule is CCOC(=O)C(=O)/C(=C\S)C(C)=O. The Kier molecular flexibility index (Phi) is 5.06. The Morgan fingerprint density at radius 1 is 1.38 bits per heavy atom. The van der Waals surface area contributed by atoms with Crippen LogP contribution >= 0.6 is 12.6 Å². The van der Waals surface area contributed by atoms with Crippen molar-refractivity contribution in [3.8, 4) is 0 Å². The van der Waals surface area contributed by atoms with Crippen LogP contribution in [0, 0.1) is 0 Å². The minimum atomic E-state index is -1.03. The van der Waals surface area contributed by atoms with Gasteiger partial charge in [0.15, 0.2) is 5.78 Å². The van der Waals surface area contributed by atoms with Crippen molar-refractivity contribution in [1.82, 2.24) is 0 Å². The van der Waals surface area contributed by atoms with Gasteiger partial charge in [-0.2, -0.15) is 12.6 Å². The molecule has 0 radical (unpaired) electrons. The van der Waals surface area contributed by atoms with Gasteiger partial charge in [-0.3, -0.25) is 9.59 Å². The molecule has 0 aromatic carbocycles. The molecule has 0 unspecified atom stereocenters. The zero-order valence-corrected chi connectivity index (χ0v) is 8.26. The molecule has 0 N–H and O–H groups in total. The van der Waals surface area contributed by atoms with E-state index >= 15 is 0 Å². The predicted molar refractivity (Wildman–Crippen MR) is 49.4 cm³/mol. The number of Topliss-reactive ketones (excluding diaryl/α,β-unsaturated/α-hetero) is 2. The van der Waals surface area contributed by atoms with Crippen LogP contribution in [0.1, 0.15) is 13.8 Å². The summed E-state index contributed by atoms with van der Waals surface area (Å²) in [6.45, 7) is 2.85. The van der Waals surface area contributed by atoms with E-state index in [0.29, 0.717) is 0 Å². The zero-order valence-electron chi connectivity index (χ0n) is 7.36. The molecule has 13 heavy (non-hydrogen) atoms. The standard InChI is InChI=1S/C8H10O4S/c1-3-12-8(11)7(10)6(4-13)5(2)9/h4,13H,3H2,1-2H3/b6-4-. The molecule has 0 saturated carbocycles. The molecule has 0 bridgehead atoms. The number of hydrogen-bond acceptors (Lipinski definition) is 5. The normalized spacial score (nSPS) is 10.8. The van der Waals surface area contributed by atoms with Crippen LogP contribution in [0.25, 0.3) is 0 Å². The third-order valence-corrected chi connectivity index (χ3v) is 1.47. The summed E-state index contributed by atoms with van der Waals surface area (Å²) in [6, 6.07) is 0. The van der Waals surface area contributed by atoms with Gasteiger partial charge in [0, 0.05) is 0 Å². The molecule has 0 saturated heterocycles. The molecule has 4 nitrogen and oxygen atoms in total. The Hall–Kier alpha value is -1.10. The minimum absolute atomic E-state index is 0.0995. The van der Waals surface area contributed by atoms with Crippen molar-refractivity contribution in [1.29, 1.82) is 0 Å². The molecule has 0 amide bonds. The molecule has 0 aromatic heterocycles. The molecular weight excluding hydrogens is 192 g/mol. The largest absolute Gasteiger partial charge is 0.460 e. The predicted octanol–water partition coefficient (Wildman–Crippen LogP) is 0.521. The van der Waals surface area contributed by atoms with Crippen LogP contribution in [-0.4, -0.2) is 24.1 Å². The molecule has 5 heteroatoms. The first-order chi connectivity index (χ1) is 6.04. The molecule has 72 valence electrons. The number of hydrogen-bond donors (Lipinski definition) is 1. The molecule has 0 spiro atoms. The lowest BCUT2D eigenvalue weighted by atomic mass is 10.1. The van der Waals surface area contributed by atoms with Crippen LogP contribution in [0.2, 0.25) is 0 Å². The first kappa shape index (κ1) is 11.9. The van der Waals surface area contributed by atoms with Crippen LogP contribution < -0.4 is 0 Å². The summed E-state index contributed by atoms with van der Waals surface area (Å²) < 4.78 is 4.42. The van der Waals surface area contributed by atoms with E-state index in [9.17, 15) is 14.4 Å². The quantitative estimate of drug-likeness (QED) is 0.180. The molecule has 0 heterocycles. The van der Waals surface area contributed by atoms with E-state index in [1.807, 2.05) is 0 Å². The Morgan fingerprint density at radius 3 is 2.23 bits per heavy atom. The molecule has 0 atom stereocenters. The number of esters is 1. The van der Waals surface area contributed by atoms with Crippen LogP contribution in [0.15, 0.2) is 11.0 Å². The fraction of sp³-hybridized carbons (Fsp3) is 0.375. The van der Waals surface area contributed by atoms with Crippen LogP contribution in [0.4, 0.5) is 0 Å². The van der Waals surface area contributed by atoms with Gasteiger partial charge < -0.3 is 4.74 Å². The maximum atomic E-state index is 11.1. The van der Waals surface area contributed by atoms with Gasteiger partial charge in [-0.25, -0.2) is 4.79 Å². The summed E-state index contributed by atoms with van der Waals surface area (Å²) in [5.74, 6) is -2.49. The lowest BCUT2D eigenvalue weighted by Crippen LogP contribution is -2.22. The van der Waals surface area contributed by atoms with Gasteiger partial charge in [0.05, 0.1) is 12.2 Å². The highest BCUT2D eigenvalue weighted by Gasteiger charge is 2.22. The number of carbonyl (C=O) groups excluding carboxylic acids is 3. The fourth-order valence-corrected chi connectivity index (χ4v) is 0.915. The number of thiol groups is 1. The van der Waals surface area contributed by atoms with Gasteiger partial charge in [-0.1, -0.05) is 0 Å². The van der Waals surface area contributed by atoms with E-state index in [-0.39, 0.29) is 12.2 Å². The van der Waals surface area contributed by atoms with Gasteiger partial charge in [0.2, 0.25) is 0 Å². The second-order valence-corrected chi connectivity index (χ2v) is 2.41. The van der Waals surface area contributed by atoms with Crippen molar-refractivity contribution in [3.05, 3.63) is 11.0 Å². The topological polar surface area (TPSA) is 60.4 Å². The Morgan fingerprint density at radius 2 is 1.92 bits per heavy atom. The number of ketones is 2. The average molecular weight is 202 g/mol. The monoisotopic (exact) mass is 202 g/mol. The molecular formula is C8H10O4S. The van der Waals surface area contributed by atoms with Crippen molar-refractivity contribution in [2.24, 2.45) is 0 Å². The smallest absolute Gasteiger partial charge is 0.379 e. The van der Waals surface area contributed by atoms with Crippen LogP contribution in [0.3, 0.4) is 0 Å². The van der Waals surface area contributed by atoms with Crippen molar-refractivity contribution >= 4 is 30.2 Å². The van der Waals surface area contributed by atoms with Gasteiger partial charge >= 0.3 is 5.97 Å². The van der Waals surface area contributed by atoms with E-state index in [0.717, 1.165) is 5.41 Å². The number of ether oxygens (including phenoxy) is 1. The second-order valence-electron chi connectivity index (χ2n) is 2.15. The van der Waals surface area contributed by atoms with E-state index in [1.165, 1.54) is 6.92 Å². The van der Waals surface area contributed by atoms with Crippen LogP contribution in [0.5, 0.6) is 0 Å². The number of rotatable bonds is 4. The fourth-order valence-electron chi connectivity index (χ4n) is 0.616. The first-order valence-electron chi connectivity index (χ1n) is 3.61. The Bertz CT molecular complexity index is 267. The summed E-state index contributed by atoms with van der Waals surface area (Å²) in [4.78, 5) is 32.7. The second kappa shape index (κ2) is 5.53. The minimum Gasteiger partial charge on any atom is -0.460 e. The lowest BCUT2D eigenvalue weighted by Gasteiger charge is -2.00. The third-order valence-electron chi connectivity index (χ3n) is 1.21. The molecule has 0 aliphatic carbocycles. The van der Waals surface area contributed by atoms with Gasteiger partial charge in [-0.05, 0) is 19.3 Å². The molecule has 0 aliphatic heterocycles. The van der Waals surface area contributed by atoms with Gasteiger partial charge in [-0.15, -0.1) is 0 Å².